The first-order chi connectivity index (χ1) is 8.56. The molecule has 3 N–H and O–H groups in total. The summed E-state index contributed by atoms with van der Waals surface area (Å²) in [5.74, 6) is -0.206. The molecule has 2 aromatic carbocycles. The molecule has 0 aliphatic heterocycles. The maximum Gasteiger partial charge on any atom is 0.255 e. The third-order valence-corrected chi connectivity index (χ3v) is 2.91. The van der Waals surface area contributed by atoms with Crippen LogP contribution in [0.2, 0.25) is 5.02 Å². The van der Waals surface area contributed by atoms with E-state index in [9.17, 15) is 4.79 Å². The van der Waals surface area contributed by atoms with Crippen LogP contribution in [-0.4, -0.2) is 5.91 Å². The number of nitrogens with two attached hydrogens (primary N) is 1. The largest absolute Gasteiger partial charge is 0.398 e. The minimum Gasteiger partial charge on any atom is -0.398 e. The van der Waals surface area contributed by atoms with E-state index in [1.165, 1.54) is 0 Å². The first kappa shape index (κ1) is 12.5. The van der Waals surface area contributed by atoms with E-state index in [-0.39, 0.29) is 5.91 Å². The minimum atomic E-state index is -0.206. The fraction of sp³-hybridized carbons (Fsp3) is 0.0714. The summed E-state index contributed by atoms with van der Waals surface area (Å²) >= 11 is 5.81. The average molecular weight is 261 g/mol. The molecule has 92 valence electrons. The Balaban J connectivity index is 2.16. The van der Waals surface area contributed by atoms with Crippen molar-refractivity contribution in [2.24, 2.45) is 0 Å². The van der Waals surface area contributed by atoms with E-state index < -0.39 is 0 Å². The zero-order valence-electron chi connectivity index (χ0n) is 9.91. The third kappa shape index (κ3) is 2.81. The van der Waals surface area contributed by atoms with Crippen molar-refractivity contribution in [1.29, 1.82) is 0 Å². The van der Waals surface area contributed by atoms with Gasteiger partial charge in [0, 0.05) is 11.3 Å². The Bertz CT molecular complexity index is 579. The summed E-state index contributed by atoms with van der Waals surface area (Å²) in [6.45, 7) is 1.99. The first-order valence-electron chi connectivity index (χ1n) is 5.49. The highest BCUT2D eigenvalue weighted by Gasteiger charge is 2.07. The highest BCUT2D eigenvalue weighted by Crippen LogP contribution is 2.20. The van der Waals surface area contributed by atoms with Crippen LogP contribution in [0.15, 0.2) is 42.5 Å². The van der Waals surface area contributed by atoms with Crippen molar-refractivity contribution in [2.75, 3.05) is 11.1 Å². The molecule has 2 rings (SSSR count). The van der Waals surface area contributed by atoms with Crippen LogP contribution >= 0.6 is 11.6 Å². The Morgan fingerprint density at radius 1 is 1.17 bits per heavy atom. The van der Waals surface area contributed by atoms with Gasteiger partial charge in [0.25, 0.3) is 5.91 Å². The Kier molecular flexibility index (Phi) is 3.53. The molecule has 0 saturated carbocycles. The maximum atomic E-state index is 12.0. The zero-order valence-corrected chi connectivity index (χ0v) is 10.7. The van der Waals surface area contributed by atoms with Crippen molar-refractivity contribution in [3.8, 4) is 0 Å². The molecule has 0 radical (unpaired) electrons. The normalized spacial score (nSPS) is 10.1. The van der Waals surface area contributed by atoms with Crippen LogP contribution in [0.1, 0.15) is 15.9 Å². The number of anilines is 2. The lowest BCUT2D eigenvalue weighted by molar-refractivity contribution is 0.102. The van der Waals surface area contributed by atoms with Gasteiger partial charge in [-0.05, 0) is 37.3 Å². The predicted molar refractivity (Wildman–Crippen MR) is 75.0 cm³/mol. The molecule has 0 aromatic heterocycles. The summed E-state index contributed by atoms with van der Waals surface area (Å²) in [5, 5.41) is 3.24. The van der Waals surface area contributed by atoms with Crippen LogP contribution in [0, 0.1) is 6.92 Å². The molecule has 0 aliphatic carbocycles. The number of aryl methyl sites for hydroxylation is 1. The van der Waals surface area contributed by atoms with E-state index in [1.54, 1.807) is 18.2 Å². The van der Waals surface area contributed by atoms with E-state index in [0.29, 0.717) is 16.3 Å². The summed E-state index contributed by atoms with van der Waals surface area (Å²) in [7, 11) is 0. The van der Waals surface area contributed by atoms with Crippen LogP contribution in [-0.2, 0) is 0 Å². The molecule has 4 heteroatoms. The molecule has 0 saturated heterocycles. The Morgan fingerprint density at radius 2 is 1.83 bits per heavy atom. The van der Waals surface area contributed by atoms with Crippen LogP contribution in [0.3, 0.4) is 0 Å². The number of rotatable bonds is 2. The van der Waals surface area contributed by atoms with Crippen molar-refractivity contribution in [3.05, 3.63) is 58.6 Å². The number of carbonyl (C=O) groups is 1. The van der Waals surface area contributed by atoms with E-state index >= 15 is 0 Å². The van der Waals surface area contributed by atoms with Crippen molar-refractivity contribution >= 4 is 28.9 Å². The quantitative estimate of drug-likeness (QED) is 0.812. The standard InChI is InChI=1S/C14H13ClN2O/c1-9-2-5-11(6-3-9)17-14(18)10-4-7-12(15)13(16)8-10/h2-8H,16H2,1H3,(H,17,18). The van der Waals surface area contributed by atoms with Crippen LogP contribution in [0.4, 0.5) is 11.4 Å². The summed E-state index contributed by atoms with van der Waals surface area (Å²) in [5.41, 5.74) is 8.43. The maximum absolute atomic E-state index is 12.0. The number of halogens is 1. The van der Waals surface area contributed by atoms with Gasteiger partial charge in [-0.2, -0.15) is 0 Å². The van der Waals surface area contributed by atoms with E-state index in [2.05, 4.69) is 5.32 Å². The van der Waals surface area contributed by atoms with Crippen LogP contribution in [0.5, 0.6) is 0 Å². The molecule has 3 nitrogen and oxygen atoms in total. The van der Waals surface area contributed by atoms with Gasteiger partial charge in [0.1, 0.15) is 0 Å². The van der Waals surface area contributed by atoms with Crippen molar-refractivity contribution < 1.29 is 4.79 Å². The van der Waals surface area contributed by atoms with Crippen molar-refractivity contribution in [2.45, 2.75) is 6.92 Å². The van der Waals surface area contributed by atoms with Gasteiger partial charge in [-0.15, -0.1) is 0 Å². The molecule has 1 amide bonds. The second kappa shape index (κ2) is 5.10. The van der Waals surface area contributed by atoms with E-state index in [0.717, 1.165) is 11.3 Å². The fourth-order valence-corrected chi connectivity index (χ4v) is 1.64. The van der Waals surface area contributed by atoms with Crippen molar-refractivity contribution in [1.82, 2.24) is 0 Å². The molecule has 0 bridgehead atoms. The van der Waals surface area contributed by atoms with Gasteiger partial charge in [-0.1, -0.05) is 29.3 Å². The molecule has 0 atom stereocenters. The summed E-state index contributed by atoms with van der Waals surface area (Å²) < 4.78 is 0. The smallest absolute Gasteiger partial charge is 0.255 e. The van der Waals surface area contributed by atoms with Gasteiger partial charge < -0.3 is 11.1 Å². The number of amides is 1. The van der Waals surface area contributed by atoms with E-state index in [1.807, 2.05) is 31.2 Å². The van der Waals surface area contributed by atoms with Gasteiger partial charge in [0.15, 0.2) is 0 Å². The summed E-state index contributed by atoms with van der Waals surface area (Å²) in [6.07, 6.45) is 0. The molecule has 18 heavy (non-hydrogen) atoms. The van der Waals surface area contributed by atoms with Gasteiger partial charge in [-0.3, -0.25) is 4.79 Å². The summed E-state index contributed by atoms with van der Waals surface area (Å²) in [4.78, 5) is 12.0. The fourth-order valence-electron chi connectivity index (χ4n) is 1.53. The van der Waals surface area contributed by atoms with Crippen LogP contribution < -0.4 is 11.1 Å². The number of hydrogen-bond acceptors (Lipinski definition) is 2. The predicted octanol–water partition coefficient (Wildman–Crippen LogP) is 3.48. The van der Waals surface area contributed by atoms with Crippen molar-refractivity contribution in [3.63, 3.8) is 0 Å². The highest BCUT2D eigenvalue weighted by atomic mass is 35.5. The Hall–Kier alpha value is -2.00. The number of carbonyl (C=O) groups excluding carboxylic acids is 1. The molecular weight excluding hydrogens is 248 g/mol. The SMILES string of the molecule is Cc1ccc(NC(=O)c2ccc(Cl)c(N)c2)cc1. The number of benzene rings is 2. The number of nitrogen functional groups attached to an aromatic ring is 1. The van der Waals surface area contributed by atoms with Crippen LogP contribution in [0.25, 0.3) is 0 Å². The van der Waals surface area contributed by atoms with Gasteiger partial charge in [0.2, 0.25) is 0 Å². The topological polar surface area (TPSA) is 55.1 Å². The molecule has 2 aromatic rings. The molecule has 0 fully saturated rings. The molecule has 0 spiro atoms. The summed E-state index contributed by atoms with van der Waals surface area (Å²) in [6, 6.07) is 12.4. The molecule has 0 aliphatic rings. The van der Waals surface area contributed by atoms with Gasteiger partial charge in [0.05, 0.1) is 10.7 Å². The van der Waals surface area contributed by atoms with Gasteiger partial charge in [-0.25, -0.2) is 0 Å². The van der Waals surface area contributed by atoms with Gasteiger partial charge >= 0.3 is 0 Å². The first-order valence-corrected chi connectivity index (χ1v) is 5.87. The Labute approximate surface area is 111 Å². The highest BCUT2D eigenvalue weighted by molar-refractivity contribution is 6.33. The lowest BCUT2D eigenvalue weighted by Crippen LogP contribution is -2.12. The third-order valence-electron chi connectivity index (χ3n) is 2.57. The molecule has 0 unspecified atom stereocenters. The second-order valence-corrected chi connectivity index (χ2v) is 4.46. The molecular formula is C14H13ClN2O. The lowest BCUT2D eigenvalue weighted by Gasteiger charge is -2.06. The minimum absolute atomic E-state index is 0.206. The Morgan fingerprint density at radius 3 is 2.44 bits per heavy atom. The monoisotopic (exact) mass is 260 g/mol. The second-order valence-electron chi connectivity index (χ2n) is 4.06. The average Bonchev–Trinajstić information content (AvgIpc) is 2.35. The number of hydrogen-bond donors (Lipinski definition) is 2. The van der Waals surface area contributed by atoms with E-state index in [4.69, 9.17) is 17.3 Å². The zero-order chi connectivity index (χ0) is 13.1. The molecule has 0 heterocycles. The number of nitrogens with one attached hydrogen (secondary N) is 1. The lowest BCUT2D eigenvalue weighted by atomic mass is 10.1.